The van der Waals surface area contributed by atoms with Crippen LogP contribution in [0.15, 0.2) is 47.6 Å². The minimum Gasteiger partial charge on any atom is -0.380 e. The zero-order chi connectivity index (χ0) is 25.4. The van der Waals surface area contributed by atoms with E-state index >= 15 is 0 Å². The molecule has 7 nitrogen and oxygen atoms in total. The quantitative estimate of drug-likeness (QED) is 0.281. The van der Waals surface area contributed by atoms with Gasteiger partial charge in [-0.2, -0.15) is 4.31 Å². The molecule has 3 rings (SSSR count). The molecule has 0 spiro atoms. The van der Waals surface area contributed by atoms with Crippen LogP contribution in [0.2, 0.25) is 0 Å². The van der Waals surface area contributed by atoms with E-state index in [-0.39, 0.29) is 6.04 Å². The maximum atomic E-state index is 13.4. The molecule has 35 heavy (non-hydrogen) atoms. The van der Waals surface area contributed by atoms with Gasteiger partial charge in [0, 0.05) is 38.9 Å². The van der Waals surface area contributed by atoms with Crippen LogP contribution in [-0.4, -0.2) is 53.6 Å². The number of fused-ring (bicyclic) bond motifs is 1. The van der Waals surface area contributed by atoms with Gasteiger partial charge in [0.25, 0.3) is 0 Å². The molecule has 8 heteroatoms. The van der Waals surface area contributed by atoms with Crippen molar-refractivity contribution in [2.24, 2.45) is 5.92 Å². The van der Waals surface area contributed by atoms with Crippen molar-refractivity contribution in [3.8, 4) is 0 Å². The monoisotopic (exact) mass is 500 g/mol. The predicted octanol–water partition coefficient (Wildman–Crippen LogP) is 5.28. The maximum Gasteiger partial charge on any atom is 0.243 e. The summed E-state index contributed by atoms with van der Waals surface area (Å²) >= 11 is 0. The van der Waals surface area contributed by atoms with Crippen molar-refractivity contribution < 1.29 is 13.2 Å². The molecule has 1 aromatic carbocycles. The Morgan fingerprint density at radius 3 is 2.49 bits per heavy atom. The first-order valence-corrected chi connectivity index (χ1v) is 14.2. The van der Waals surface area contributed by atoms with E-state index in [1.807, 2.05) is 25.1 Å². The number of hydrogen-bond acceptors (Lipinski definition) is 5. The van der Waals surface area contributed by atoms with Crippen molar-refractivity contribution in [1.29, 1.82) is 0 Å². The lowest BCUT2D eigenvalue weighted by atomic mass is 10.0. The molecule has 2 heterocycles. The number of ether oxygens (including phenoxy) is 1. The number of nitrogens with zero attached hydrogens (tertiary/aromatic N) is 4. The summed E-state index contributed by atoms with van der Waals surface area (Å²) in [7, 11) is -1.97. The summed E-state index contributed by atoms with van der Waals surface area (Å²) in [5, 5.41) is 0. The maximum absolute atomic E-state index is 13.4. The van der Waals surface area contributed by atoms with Crippen molar-refractivity contribution in [3.05, 3.63) is 54.1 Å². The van der Waals surface area contributed by atoms with Crippen molar-refractivity contribution >= 4 is 21.1 Å². The molecular formula is C27H40N4O3S. The van der Waals surface area contributed by atoms with Crippen molar-refractivity contribution in [1.82, 2.24) is 18.8 Å². The van der Waals surface area contributed by atoms with Gasteiger partial charge in [-0.25, -0.2) is 13.4 Å². The van der Waals surface area contributed by atoms with E-state index in [0.29, 0.717) is 30.6 Å². The van der Waals surface area contributed by atoms with Crippen molar-refractivity contribution in [3.63, 3.8) is 0 Å². The van der Waals surface area contributed by atoms with Gasteiger partial charge in [0.1, 0.15) is 11.3 Å². The highest BCUT2D eigenvalue weighted by Crippen LogP contribution is 2.23. The average Bonchev–Trinajstić information content (AvgIpc) is 3.18. The SMILES string of the molecule is CCCCCc1nc2cnccc2n1Cc1ccc(S(=O)(=O)N(C)C(COCC)CC(C)C)cc1. The average molecular weight is 501 g/mol. The van der Waals surface area contributed by atoms with E-state index < -0.39 is 10.0 Å². The summed E-state index contributed by atoms with van der Waals surface area (Å²) in [6.07, 6.45) is 8.68. The zero-order valence-corrected chi connectivity index (χ0v) is 22.6. The molecule has 1 atom stereocenters. The van der Waals surface area contributed by atoms with Crippen LogP contribution in [0.1, 0.15) is 64.8 Å². The largest absolute Gasteiger partial charge is 0.380 e. The number of rotatable bonds is 14. The second kappa shape index (κ2) is 12.6. The molecule has 0 saturated carbocycles. The third-order valence-electron chi connectivity index (χ3n) is 6.35. The van der Waals surface area contributed by atoms with E-state index in [9.17, 15) is 8.42 Å². The van der Waals surface area contributed by atoms with Crippen LogP contribution in [0, 0.1) is 5.92 Å². The molecular weight excluding hydrogens is 460 g/mol. The first kappa shape index (κ1) is 27.3. The predicted molar refractivity (Wildman–Crippen MR) is 141 cm³/mol. The molecule has 1 unspecified atom stereocenters. The topological polar surface area (TPSA) is 77.3 Å². The van der Waals surface area contributed by atoms with Gasteiger partial charge >= 0.3 is 0 Å². The van der Waals surface area contributed by atoms with Gasteiger partial charge < -0.3 is 9.30 Å². The third kappa shape index (κ3) is 6.90. The summed E-state index contributed by atoms with van der Waals surface area (Å²) in [6, 6.07) is 9.04. The summed E-state index contributed by atoms with van der Waals surface area (Å²) in [4.78, 5) is 9.34. The van der Waals surface area contributed by atoms with E-state index in [1.54, 1.807) is 31.6 Å². The van der Waals surface area contributed by atoms with E-state index in [0.717, 1.165) is 48.1 Å². The van der Waals surface area contributed by atoms with Crippen LogP contribution in [0.4, 0.5) is 0 Å². The number of hydrogen-bond donors (Lipinski definition) is 0. The standard InChI is InChI=1S/C27H40N4O3S/c1-6-8-9-10-27-29-25-18-28-16-15-26(25)31(27)19-22-11-13-24(14-12-22)35(32,33)30(5)23(17-21(3)4)20-34-7-2/h11-16,18,21,23H,6-10,17,19-20H2,1-5H3. The van der Waals surface area contributed by atoms with Gasteiger partial charge in [-0.1, -0.05) is 45.7 Å². The summed E-state index contributed by atoms with van der Waals surface area (Å²) in [5.41, 5.74) is 2.98. The fourth-order valence-electron chi connectivity index (χ4n) is 4.36. The summed E-state index contributed by atoms with van der Waals surface area (Å²) in [6.45, 7) is 9.92. The lowest BCUT2D eigenvalue weighted by molar-refractivity contribution is 0.0954. The molecule has 0 N–H and O–H groups in total. The van der Waals surface area contributed by atoms with Crippen LogP contribution in [0.25, 0.3) is 11.0 Å². The number of benzene rings is 1. The Hall–Kier alpha value is -2.29. The first-order chi connectivity index (χ1) is 16.8. The lowest BCUT2D eigenvalue weighted by Crippen LogP contribution is -2.41. The molecule has 0 radical (unpaired) electrons. The number of unbranched alkanes of at least 4 members (excludes halogenated alkanes) is 2. The molecule has 0 aliphatic rings. The van der Waals surface area contributed by atoms with Gasteiger partial charge in [-0.15, -0.1) is 0 Å². The number of aryl methyl sites for hydroxylation is 1. The molecule has 3 aromatic rings. The Morgan fingerprint density at radius 1 is 1.09 bits per heavy atom. The van der Waals surface area contributed by atoms with Crippen LogP contribution < -0.4 is 0 Å². The second-order valence-corrected chi connectivity index (χ2v) is 11.5. The summed E-state index contributed by atoms with van der Waals surface area (Å²) < 4.78 is 36.0. The van der Waals surface area contributed by atoms with Crippen LogP contribution in [0.5, 0.6) is 0 Å². The molecule has 0 aliphatic heterocycles. The highest BCUT2D eigenvalue weighted by atomic mass is 32.2. The first-order valence-electron chi connectivity index (χ1n) is 12.7. The van der Waals surface area contributed by atoms with Crippen molar-refractivity contribution in [2.75, 3.05) is 20.3 Å². The number of pyridine rings is 1. The molecule has 0 bridgehead atoms. The molecule has 192 valence electrons. The number of aromatic nitrogens is 3. The fraction of sp³-hybridized carbons (Fsp3) is 0.556. The Morgan fingerprint density at radius 2 is 1.83 bits per heavy atom. The Labute approximate surface area is 210 Å². The van der Waals surface area contributed by atoms with Crippen LogP contribution >= 0.6 is 0 Å². The second-order valence-electron chi connectivity index (χ2n) is 9.54. The van der Waals surface area contributed by atoms with Gasteiger partial charge in [-0.05, 0) is 49.4 Å². The van der Waals surface area contributed by atoms with Gasteiger partial charge in [-0.3, -0.25) is 4.98 Å². The van der Waals surface area contributed by atoms with E-state index in [1.165, 1.54) is 10.7 Å². The molecule has 0 fully saturated rings. The third-order valence-corrected chi connectivity index (χ3v) is 8.27. The minimum atomic E-state index is -3.62. The smallest absolute Gasteiger partial charge is 0.243 e. The fourth-order valence-corrected chi connectivity index (χ4v) is 5.72. The molecule has 0 amide bonds. The molecule has 2 aromatic heterocycles. The Bertz CT molecular complexity index is 1170. The Kier molecular flexibility index (Phi) is 9.83. The molecule has 0 saturated heterocycles. The van der Waals surface area contributed by atoms with E-state index in [4.69, 9.17) is 9.72 Å². The van der Waals surface area contributed by atoms with Crippen LogP contribution in [-0.2, 0) is 27.7 Å². The zero-order valence-electron chi connectivity index (χ0n) is 21.8. The Balaban J connectivity index is 1.82. The normalized spacial score (nSPS) is 13.2. The number of imidazole rings is 1. The van der Waals surface area contributed by atoms with Gasteiger partial charge in [0.05, 0.1) is 23.2 Å². The van der Waals surface area contributed by atoms with Gasteiger partial charge in [0.2, 0.25) is 10.0 Å². The lowest BCUT2D eigenvalue weighted by Gasteiger charge is -2.28. The number of sulfonamides is 1. The van der Waals surface area contributed by atoms with Crippen molar-refractivity contribution in [2.45, 2.75) is 77.3 Å². The number of likely N-dealkylation sites (N-methyl/N-ethyl adjacent to an activating group) is 1. The van der Waals surface area contributed by atoms with E-state index in [2.05, 4.69) is 30.3 Å². The van der Waals surface area contributed by atoms with Gasteiger partial charge in [0.15, 0.2) is 0 Å². The highest BCUT2D eigenvalue weighted by Gasteiger charge is 2.28. The summed E-state index contributed by atoms with van der Waals surface area (Å²) in [5.74, 6) is 1.41. The molecule has 0 aliphatic carbocycles. The highest BCUT2D eigenvalue weighted by molar-refractivity contribution is 7.89. The van der Waals surface area contributed by atoms with Crippen LogP contribution in [0.3, 0.4) is 0 Å². The minimum absolute atomic E-state index is 0.198.